The number of nitrogens with zero attached hydrogens (tertiary/aromatic N) is 4. The minimum absolute atomic E-state index is 0.444. The van der Waals surface area contributed by atoms with Crippen LogP contribution in [0.25, 0.3) is 0 Å². The van der Waals surface area contributed by atoms with E-state index in [0.717, 1.165) is 57.2 Å². The largest absolute Gasteiger partial charge is 0.389 e. The van der Waals surface area contributed by atoms with E-state index in [0.29, 0.717) is 0 Å². The van der Waals surface area contributed by atoms with Crippen LogP contribution in [0.3, 0.4) is 0 Å². The molecule has 116 valence electrons. The molecule has 1 aromatic heterocycles. The van der Waals surface area contributed by atoms with Crippen molar-refractivity contribution in [3.8, 4) is 0 Å². The van der Waals surface area contributed by atoms with Crippen LogP contribution in [-0.4, -0.2) is 58.3 Å². The van der Waals surface area contributed by atoms with Crippen LogP contribution in [0.2, 0.25) is 0 Å². The van der Waals surface area contributed by atoms with Gasteiger partial charge in [-0.1, -0.05) is 19.3 Å². The van der Waals surface area contributed by atoms with Crippen molar-refractivity contribution in [3.05, 3.63) is 18.0 Å². The highest BCUT2D eigenvalue weighted by Crippen LogP contribution is 2.29. The first-order valence-electron chi connectivity index (χ1n) is 8.14. The monoisotopic (exact) mass is 290 g/mol. The van der Waals surface area contributed by atoms with Crippen molar-refractivity contribution < 1.29 is 5.11 Å². The van der Waals surface area contributed by atoms with Gasteiger partial charge in [0.1, 0.15) is 0 Å². The van der Waals surface area contributed by atoms with Gasteiger partial charge in [0.15, 0.2) is 0 Å². The Kier molecular flexibility index (Phi) is 4.40. The molecule has 5 heteroatoms. The molecule has 0 aromatic carbocycles. The lowest BCUT2D eigenvalue weighted by molar-refractivity contribution is -0.0271. The lowest BCUT2D eigenvalue weighted by Crippen LogP contribution is -2.52. The molecule has 2 fully saturated rings. The number of β-amino-alcohol motifs (C(OH)–C–C–N with tert-alkyl or cyclic N) is 1. The summed E-state index contributed by atoms with van der Waals surface area (Å²) in [6.07, 6.45) is 7.39. The van der Waals surface area contributed by atoms with E-state index in [2.05, 4.69) is 19.8 Å². The van der Waals surface area contributed by atoms with Gasteiger partial charge in [0, 0.05) is 44.6 Å². The van der Waals surface area contributed by atoms with E-state index >= 15 is 0 Å². The van der Waals surface area contributed by atoms with Crippen molar-refractivity contribution in [2.45, 2.75) is 44.6 Å². The molecule has 0 atom stereocenters. The molecule has 1 aliphatic heterocycles. The molecule has 1 saturated carbocycles. The Bertz CT molecular complexity index is 465. The molecular formula is C16H26N4O. The highest BCUT2D eigenvalue weighted by molar-refractivity contribution is 5.30. The lowest BCUT2D eigenvalue weighted by Gasteiger charge is -2.41. The Morgan fingerprint density at radius 2 is 1.86 bits per heavy atom. The van der Waals surface area contributed by atoms with Gasteiger partial charge in [0.2, 0.25) is 5.95 Å². The Morgan fingerprint density at radius 1 is 1.14 bits per heavy atom. The van der Waals surface area contributed by atoms with E-state index in [1.807, 2.05) is 19.2 Å². The van der Waals surface area contributed by atoms with Crippen molar-refractivity contribution in [1.29, 1.82) is 0 Å². The van der Waals surface area contributed by atoms with Gasteiger partial charge < -0.3 is 10.0 Å². The van der Waals surface area contributed by atoms with Gasteiger partial charge in [-0.3, -0.25) is 4.90 Å². The molecule has 1 aliphatic carbocycles. The number of hydrogen-bond donors (Lipinski definition) is 1. The fourth-order valence-corrected chi connectivity index (χ4v) is 3.48. The van der Waals surface area contributed by atoms with Gasteiger partial charge in [0.05, 0.1) is 5.60 Å². The van der Waals surface area contributed by atoms with Crippen molar-refractivity contribution in [1.82, 2.24) is 14.9 Å². The number of aliphatic hydroxyl groups is 1. The Balaban J connectivity index is 1.53. The number of piperazine rings is 1. The van der Waals surface area contributed by atoms with Crippen LogP contribution in [0, 0.1) is 6.92 Å². The van der Waals surface area contributed by atoms with Crippen LogP contribution in [0.5, 0.6) is 0 Å². The van der Waals surface area contributed by atoms with E-state index in [-0.39, 0.29) is 0 Å². The van der Waals surface area contributed by atoms with Gasteiger partial charge in [-0.25, -0.2) is 9.97 Å². The summed E-state index contributed by atoms with van der Waals surface area (Å²) in [6.45, 7) is 6.69. The molecule has 0 radical (unpaired) electrons. The van der Waals surface area contributed by atoms with Crippen LogP contribution in [0.1, 0.15) is 37.8 Å². The number of aryl methyl sites for hydroxylation is 1. The fraction of sp³-hybridized carbons (Fsp3) is 0.750. The smallest absolute Gasteiger partial charge is 0.225 e. The predicted octanol–water partition coefficient (Wildman–Crippen LogP) is 1.60. The zero-order valence-electron chi connectivity index (χ0n) is 13.0. The fourth-order valence-electron chi connectivity index (χ4n) is 3.48. The van der Waals surface area contributed by atoms with E-state index in [4.69, 9.17) is 0 Å². The Labute approximate surface area is 127 Å². The second kappa shape index (κ2) is 6.28. The molecule has 1 aromatic rings. The van der Waals surface area contributed by atoms with Crippen molar-refractivity contribution >= 4 is 5.95 Å². The Hall–Kier alpha value is -1.20. The first kappa shape index (κ1) is 14.7. The second-order valence-electron chi connectivity index (χ2n) is 6.55. The summed E-state index contributed by atoms with van der Waals surface area (Å²) in [5, 5.41) is 10.7. The summed E-state index contributed by atoms with van der Waals surface area (Å²) < 4.78 is 0. The van der Waals surface area contributed by atoms with Crippen molar-refractivity contribution in [2.75, 3.05) is 37.6 Å². The molecule has 0 bridgehead atoms. The summed E-state index contributed by atoms with van der Waals surface area (Å²) in [6, 6.07) is 1.93. The molecule has 0 spiro atoms. The van der Waals surface area contributed by atoms with Crippen LogP contribution in [0.4, 0.5) is 5.95 Å². The third kappa shape index (κ3) is 3.71. The summed E-state index contributed by atoms with van der Waals surface area (Å²) in [7, 11) is 0. The van der Waals surface area contributed by atoms with Gasteiger partial charge in [0.25, 0.3) is 0 Å². The number of aromatic nitrogens is 2. The van der Waals surface area contributed by atoms with Crippen LogP contribution >= 0.6 is 0 Å². The van der Waals surface area contributed by atoms with Crippen molar-refractivity contribution in [2.24, 2.45) is 0 Å². The van der Waals surface area contributed by atoms with Crippen LogP contribution < -0.4 is 4.90 Å². The highest BCUT2D eigenvalue weighted by Gasteiger charge is 2.32. The first-order valence-corrected chi connectivity index (χ1v) is 8.14. The normalized spacial score (nSPS) is 23.2. The Morgan fingerprint density at radius 3 is 2.52 bits per heavy atom. The topological polar surface area (TPSA) is 52.5 Å². The van der Waals surface area contributed by atoms with Gasteiger partial charge in [-0.05, 0) is 25.8 Å². The minimum Gasteiger partial charge on any atom is -0.389 e. The SMILES string of the molecule is Cc1ccnc(N2CCN(CC3(O)CCCCC3)CC2)n1. The first-order chi connectivity index (χ1) is 10.1. The van der Waals surface area contributed by atoms with Gasteiger partial charge in [-0.2, -0.15) is 0 Å². The summed E-state index contributed by atoms with van der Waals surface area (Å²) in [5.74, 6) is 0.839. The minimum atomic E-state index is -0.444. The van der Waals surface area contributed by atoms with E-state index < -0.39 is 5.60 Å². The summed E-state index contributed by atoms with van der Waals surface area (Å²) in [5.41, 5.74) is 0.569. The number of anilines is 1. The van der Waals surface area contributed by atoms with Crippen LogP contribution in [0.15, 0.2) is 12.3 Å². The molecule has 1 saturated heterocycles. The predicted molar refractivity (Wildman–Crippen MR) is 83.5 cm³/mol. The number of hydrogen-bond acceptors (Lipinski definition) is 5. The number of rotatable bonds is 3. The molecule has 5 nitrogen and oxygen atoms in total. The molecule has 2 heterocycles. The zero-order valence-corrected chi connectivity index (χ0v) is 13.0. The molecular weight excluding hydrogens is 264 g/mol. The summed E-state index contributed by atoms with van der Waals surface area (Å²) >= 11 is 0. The van der Waals surface area contributed by atoms with E-state index in [1.165, 1.54) is 19.3 Å². The molecule has 3 rings (SSSR count). The van der Waals surface area contributed by atoms with Gasteiger partial charge in [-0.15, -0.1) is 0 Å². The average Bonchev–Trinajstić information content (AvgIpc) is 2.48. The third-order valence-corrected chi connectivity index (χ3v) is 4.74. The molecule has 1 N–H and O–H groups in total. The maximum atomic E-state index is 10.7. The van der Waals surface area contributed by atoms with Crippen molar-refractivity contribution in [3.63, 3.8) is 0 Å². The maximum absolute atomic E-state index is 10.7. The third-order valence-electron chi connectivity index (χ3n) is 4.74. The standard InChI is InChI=1S/C16H26N4O/c1-14-5-8-17-15(18-14)20-11-9-19(10-12-20)13-16(21)6-3-2-4-7-16/h5,8,21H,2-4,6-7,9-13H2,1H3. The van der Waals surface area contributed by atoms with E-state index in [9.17, 15) is 5.11 Å². The van der Waals surface area contributed by atoms with Gasteiger partial charge >= 0.3 is 0 Å². The summed E-state index contributed by atoms with van der Waals surface area (Å²) in [4.78, 5) is 13.5. The quantitative estimate of drug-likeness (QED) is 0.916. The molecule has 2 aliphatic rings. The molecule has 0 amide bonds. The second-order valence-corrected chi connectivity index (χ2v) is 6.55. The molecule has 0 unspecified atom stereocenters. The zero-order chi connectivity index (χ0) is 14.7. The van der Waals surface area contributed by atoms with E-state index in [1.54, 1.807) is 0 Å². The maximum Gasteiger partial charge on any atom is 0.225 e. The average molecular weight is 290 g/mol. The lowest BCUT2D eigenvalue weighted by atomic mass is 9.84. The highest BCUT2D eigenvalue weighted by atomic mass is 16.3. The van der Waals surface area contributed by atoms with Crippen LogP contribution in [-0.2, 0) is 0 Å². The molecule has 21 heavy (non-hydrogen) atoms.